The molecular weight excluding hydrogens is 204 g/mol. The lowest BCUT2D eigenvalue weighted by molar-refractivity contribution is 0.251. The molecule has 3 rings (SSSR count). The predicted octanol–water partition coefficient (Wildman–Crippen LogP) is 1.85. The van der Waals surface area contributed by atoms with E-state index in [1.54, 1.807) is 0 Å². The molecule has 1 aromatic heterocycles. The van der Waals surface area contributed by atoms with E-state index in [2.05, 4.69) is 20.6 Å². The molecule has 1 aliphatic carbocycles. The Morgan fingerprint density at radius 1 is 1.38 bits per heavy atom. The maximum Gasteiger partial charge on any atom is 0.321 e. The maximum absolute atomic E-state index is 11.5. The van der Waals surface area contributed by atoms with Crippen LogP contribution in [0.1, 0.15) is 12.8 Å². The molecule has 82 valence electrons. The third kappa shape index (κ3) is 1.84. The number of carbonyl (C=O) groups excluding carboxylic acids is 1. The van der Waals surface area contributed by atoms with Crippen molar-refractivity contribution in [3.8, 4) is 0 Å². The fraction of sp³-hybridized carbons (Fsp3) is 0.273. The van der Waals surface area contributed by atoms with Gasteiger partial charge in [0.1, 0.15) is 0 Å². The molecule has 5 heteroatoms. The van der Waals surface area contributed by atoms with Gasteiger partial charge < -0.3 is 10.3 Å². The highest BCUT2D eigenvalue weighted by Gasteiger charge is 2.23. The number of rotatable bonds is 2. The quantitative estimate of drug-likeness (QED) is 0.717. The first-order valence-electron chi connectivity index (χ1n) is 5.33. The third-order valence-electron chi connectivity index (χ3n) is 2.53. The molecule has 2 amide bonds. The van der Waals surface area contributed by atoms with E-state index in [0.29, 0.717) is 12.0 Å². The Bertz CT molecular complexity index is 497. The van der Waals surface area contributed by atoms with Gasteiger partial charge in [0.2, 0.25) is 5.95 Å². The van der Waals surface area contributed by atoms with Crippen molar-refractivity contribution in [3.05, 3.63) is 24.3 Å². The molecule has 1 heterocycles. The molecule has 0 radical (unpaired) electrons. The van der Waals surface area contributed by atoms with E-state index in [4.69, 9.17) is 0 Å². The summed E-state index contributed by atoms with van der Waals surface area (Å²) >= 11 is 0. The number of aromatic nitrogens is 2. The Balaban J connectivity index is 1.75. The van der Waals surface area contributed by atoms with Gasteiger partial charge in [-0.05, 0) is 25.0 Å². The van der Waals surface area contributed by atoms with Crippen LogP contribution in [-0.2, 0) is 0 Å². The number of carbonyl (C=O) groups is 1. The normalized spacial score (nSPS) is 15.0. The summed E-state index contributed by atoms with van der Waals surface area (Å²) < 4.78 is 0. The lowest BCUT2D eigenvalue weighted by Crippen LogP contribution is -2.30. The molecule has 2 aromatic rings. The maximum atomic E-state index is 11.5. The molecule has 0 atom stereocenters. The lowest BCUT2D eigenvalue weighted by Gasteiger charge is -2.02. The zero-order valence-corrected chi connectivity index (χ0v) is 8.66. The Kier molecular flexibility index (Phi) is 2.02. The third-order valence-corrected chi connectivity index (χ3v) is 2.53. The van der Waals surface area contributed by atoms with Gasteiger partial charge in [0.25, 0.3) is 0 Å². The van der Waals surface area contributed by atoms with Crippen LogP contribution in [0.25, 0.3) is 11.0 Å². The van der Waals surface area contributed by atoms with E-state index < -0.39 is 0 Å². The second-order valence-electron chi connectivity index (χ2n) is 3.98. The Hall–Kier alpha value is -2.04. The number of H-pyrrole nitrogens is 1. The van der Waals surface area contributed by atoms with Crippen molar-refractivity contribution in [1.82, 2.24) is 15.3 Å². The van der Waals surface area contributed by atoms with E-state index in [1.807, 2.05) is 24.3 Å². The number of imidazole rings is 1. The van der Waals surface area contributed by atoms with Crippen molar-refractivity contribution < 1.29 is 4.79 Å². The summed E-state index contributed by atoms with van der Waals surface area (Å²) in [5, 5.41) is 5.52. The number of urea groups is 1. The van der Waals surface area contributed by atoms with E-state index in [1.165, 1.54) is 0 Å². The number of amides is 2. The van der Waals surface area contributed by atoms with Crippen LogP contribution >= 0.6 is 0 Å². The fourth-order valence-corrected chi connectivity index (χ4v) is 1.57. The summed E-state index contributed by atoms with van der Waals surface area (Å²) in [4.78, 5) is 18.7. The van der Waals surface area contributed by atoms with Gasteiger partial charge in [0.05, 0.1) is 11.0 Å². The second-order valence-corrected chi connectivity index (χ2v) is 3.98. The lowest BCUT2D eigenvalue weighted by atomic mass is 10.3. The predicted molar refractivity (Wildman–Crippen MR) is 61.3 cm³/mol. The first-order valence-corrected chi connectivity index (χ1v) is 5.33. The van der Waals surface area contributed by atoms with E-state index >= 15 is 0 Å². The monoisotopic (exact) mass is 216 g/mol. The first kappa shape index (κ1) is 9.21. The molecule has 0 saturated heterocycles. The smallest absolute Gasteiger partial charge is 0.321 e. The molecule has 3 N–H and O–H groups in total. The van der Waals surface area contributed by atoms with Crippen LogP contribution in [0.2, 0.25) is 0 Å². The number of para-hydroxylation sites is 2. The summed E-state index contributed by atoms with van der Waals surface area (Å²) in [7, 11) is 0. The zero-order chi connectivity index (χ0) is 11.0. The molecule has 0 bridgehead atoms. The molecule has 16 heavy (non-hydrogen) atoms. The van der Waals surface area contributed by atoms with Gasteiger partial charge in [-0.1, -0.05) is 12.1 Å². The zero-order valence-electron chi connectivity index (χ0n) is 8.66. The van der Waals surface area contributed by atoms with Gasteiger partial charge >= 0.3 is 6.03 Å². The van der Waals surface area contributed by atoms with Crippen molar-refractivity contribution in [2.45, 2.75) is 18.9 Å². The van der Waals surface area contributed by atoms with E-state index in [-0.39, 0.29) is 6.03 Å². The Morgan fingerprint density at radius 2 is 2.19 bits per heavy atom. The van der Waals surface area contributed by atoms with E-state index in [9.17, 15) is 4.79 Å². The van der Waals surface area contributed by atoms with Crippen LogP contribution < -0.4 is 10.6 Å². The second kappa shape index (κ2) is 3.52. The number of hydrogen-bond donors (Lipinski definition) is 3. The highest BCUT2D eigenvalue weighted by molar-refractivity contribution is 5.90. The van der Waals surface area contributed by atoms with Gasteiger partial charge in [-0.3, -0.25) is 5.32 Å². The average Bonchev–Trinajstić information content (AvgIpc) is 2.97. The van der Waals surface area contributed by atoms with Gasteiger partial charge in [-0.15, -0.1) is 0 Å². The van der Waals surface area contributed by atoms with Crippen molar-refractivity contribution >= 4 is 23.0 Å². The van der Waals surface area contributed by atoms with Gasteiger partial charge in [0.15, 0.2) is 0 Å². The summed E-state index contributed by atoms with van der Waals surface area (Å²) in [6.07, 6.45) is 2.15. The number of benzene rings is 1. The summed E-state index contributed by atoms with van der Waals surface area (Å²) in [5.74, 6) is 0.486. The van der Waals surface area contributed by atoms with Crippen molar-refractivity contribution in [3.63, 3.8) is 0 Å². The molecule has 0 unspecified atom stereocenters. The molecule has 1 fully saturated rings. The van der Waals surface area contributed by atoms with Crippen LogP contribution in [0.5, 0.6) is 0 Å². The molecule has 1 saturated carbocycles. The van der Waals surface area contributed by atoms with Crippen molar-refractivity contribution in [2.24, 2.45) is 0 Å². The summed E-state index contributed by atoms with van der Waals surface area (Å²) in [6, 6.07) is 7.82. The standard InChI is InChI=1S/C11H12N4O/c16-11(12-7-5-6-7)15-10-13-8-3-1-2-4-9(8)14-10/h1-4,7H,5-6H2,(H3,12,13,14,15,16). The molecule has 0 spiro atoms. The van der Waals surface area contributed by atoms with Crippen LogP contribution in [0.15, 0.2) is 24.3 Å². The number of anilines is 1. The molecular formula is C11H12N4O. The van der Waals surface area contributed by atoms with Gasteiger partial charge in [0, 0.05) is 6.04 Å². The topological polar surface area (TPSA) is 69.8 Å². The molecule has 5 nitrogen and oxygen atoms in total. The number of hydrogen-bond acceptors (Lipinski definition) is 2. The summed E-state index contributed by atoms with van der Waals surface area (Å²) in [5.41, 5.74) is 1.77. The van der Waals surface area contributed by atoms with E-state index in [0.717, 1.165) is 23.9 Å². The molecule has 0 aliphatic heterocycles. The van der Waals surface area contributed by atoms with Gasteiger partial charge in [-0.2, -0.15) is 0 Å². The minimum absolute atomic E-state index is 0.193. The van der Waals surface area contributed by atoms with Crippen LogP contribution in [-0.4, -0.2) is 22.0 Å². The highest BCUT2D eigenvalue weighted by atomic mass is 16.2. The molecule has 1 aromatic carbocycles. The largest absolute Gasteiger partial charge is 0.335 e. The minimum Gasteiger partial charge on any atom is -0.335 e. The number of nitrogens with one attached hydrogen (secondary N) is 3. The van der Waals surface area contributed by atoms with Crippen LogP contribution in [0.3, 0.4) is 0 Å². The number of aromatic amines is 1. The highest BCUT2D eigenvalue weighted by Crippen LogP contribution is 2.19. The van der Waals surface area contributed by atoms with Crippen LogP contribution in [0, 0.1) is 0 Å². The minimum atomic E-state index is -0.193. The van der Waals surface area contributed by atoms with Crippen molar-refractivity contribution in [2.75, 3.05) is 5.32 Å². The molecule has 1 aliphatic rings. The Morgan fingerprint density at radius 3 is 2.94 bits per heavy atom. The van der Waals surface area contributed by atoms with Crippen molar-refractivity contribution in [1.29, 1.82) is 0 Å². The first-order chi connectivity index (χ1) is 7.81. The van der Waals surface area contributed by atoms with Gasteiger partial charge in [-0.25, -0.2) is 9.78 Å². The SMILES string of the molecule is O=C(Nc1nc2ccccc2[nH]1)NC1CC1. The summed E-state index contributed by atoms with van der Waals surface area (Å²) in [6.45, 7) is 0. The number of nitrogens with zero attached hydrogens (tertiary/aromatic N) is 1. The Labute approximate surface area is 92.3 Å². The number of fused-ring (bicyclic) bond motifs is 1. The van der Waals surface area contributed by atoms with Crippen LogP contribution in [0.4, 0.5) is 10.7 Å². The fourth-order valence-electron chi connectivity index (χ4n) is 1.57. The average molecular weight is 216 g/mol.